The number of anilines is 1. The molecule has 0 aromatic carbocycles. The molecule has 1 fully saturated rings. The van der Waals surface area contributed by atoms with Crippen molar-refractivity contribution in [2.24, 2.45) is 0 Å². The van der Waals surface area contributed by atoms with Crippen molar-refractivity contribution in [1.82, 2.24) is 14.5 Å². The highest BCUT2D eigenvalue weighted by atomic mass is 16.6. The van der Waals surface area contributed by atoms with Crippen molar-refractivity contribution in [2.75, 3.05) is 12.3 Å². The SMILES string of the molecule is CC(=O)c1cn(C2O[C@H](CO)[C@@H](O)[C@H]2O)c2ncnc(N)c2c1=O. The van der Waals surface area contributed by atoms with Gasteiger partial charge in [-0.05, 0) is 6.92 Å². The molecular weight excluding hydrogens is 320 g/mol. The van der Waals surface area contributed by atoms with Crippen molar-refractivity contribution in [3.8, 4) is 0 Å². The Kier molecular flexibility index (Phi) is 4.05. The van der Waals surface area contributed by atoms with Crippen LogP contribution >= 0.6 is 0 Å². The first kappa shape index (κ1) is 16.5. The van der Waals surface area contributed by atoms with Crippen molar-refractivity contribution in [3.05, 3.63) is 28.3 Å². The van der Waals surface area contributed by atoms with E-state index in [2.05, 4.69) is 9.97 Å². The third-order valence-electron chi connectivity index (χ3n) is 4.01. The lowest BCUT2D eigenvalue weighted by Gasteiger charge is -2.21. The predicted octanol–water partition coefficient (Wildman–Crippen LogP) is -1.81. The molecular formula is C14H16N4O6. The molecule has 4 atom stereocenters. The molecule has 3 rings (SSSR count). The minimum atomic E-state index is -1.40. The van der Waals surface area contributed by atoms with Gasteiger partial charge < -0.3 is 30.4 Å². The topological polar surface area (TPSA) is 161 Å². The second-order valence-corrected chi connectivity index (χ2v) is 5.52. The van der Waals surface area contributed by atoms with Crippen molar-refractivity contribution in [1.29, 1.82) is 0 Å². The third kappa shape index (κ3) is 2.36. The van der Waals surface area contributed by atoms with Crippen LogP contribution in [0.2, 0.25) is 0 Å². The van der Waals surface area contributed by atoms with Crippen LogP contribution in [0.15, 0.2) is 17.3 Å². The Labute approximate surface area is 135 Å². The standard InChI is InChI=1S/C14H16N4O6/c1-5(20)6-2-18(14-11(23)10(22)7(3-19)24-14)13-8(9(6)21)12(15)16-4-17-13/h2,4,7,10-11,14,19,22-23H,3H2,1H3,(H2,15,16,17)/t7-,10-,11-,14?/m1/s1. The Hall–Kier alpha value is -2.40. The van der Waals surface area contributed by atoms with E-state index >= 15 is 0 Å². The molecule has 2 aromatic rings. The number of fused-ring (bicyclic) bond motifs is 1. The van der Waals surface area contributed by atoms with Crippen molar-refractivity contribution < 1.29 is 24.9 Å². The Morgan fingerprint density at radius 1 is 1.38 bits per heavy atom. The lowest BCUT2D eigenvalue weighted by atomic mass is 10.1. The summed E-state index contributed by atoms with van der Waals surface area (Å²) >= 11 is 0. The van der Waals surface area contributed by atoms with Crippen molar-refractivity contribution >= 4 is 22.6 Å². The number of aromatic nitrogens is 3. The maximum absolute atomic E-state index is 12.4. The molecule has 3 heterocycles. The fourth-order valence-electron chi connectivity index (χ4n) is 2.75. The minimum Gasteiger partial charge on any atom is -0.394 e. The molecule has 10 nitrogen and oxygen atoms in total. The van der Waals surface area contributed by atoms with Gasteiger partial charge in [0.25, 0.3) is 0 Å². The lowest BCUT2D eigenvalue weighted by Crippen LogP contribution is -2.33. The van der Waals surface area contributed by atoms with E-state index in [1.54, 1.807) is 0 Å². The molecule has 1 saturated heterocycles. The van der Waals surface area contributed by atoms with E-state index in [0.717, 1.165) is 6.33 Å². The van der Waals surface area contributed by atoms with Crippen LogP contribution in [0.3, 0.4) is 0 Å². The molecule has 0 bridgehead atoms. The summed E-state index contributed by atoms with van der Waals surface area (Å²) in [4.78, 5) is 31.9. The Balaban J connectivity index is 2.29. The van der Waals surface area contributed by atoms with E-state index in [0.29, 0.717) is 0 Å². The van der Waals surface area contributed by atoms with Gasteiger partial charge in [-0.25, -0.2) is 9.97 Å². The average molecular weight is 336 g/mol. The summed E-state index contributed by atoms with van der Waals surface area (Å²) in [6.07, 6.45) is -2.59. The number of ketones is 1. The van der Waals surface area contributed by atoms with E-state index in [4.69, 9.17) is 10.5 Å². The summed E-state index contributed by atoms with van der Waals surface area (Å²) in [6.45, 7) is 0.702. The van der Waals surface area contributed by atoms with E-state index in [-0.39, 0.29) is 22.4 Å². The molecule has 0 spiro atoms. The van der Waals surface area contributed by atoms with Crippen LogP contribution in [0.25, 0.3) is 11.0 Å². The van der Waals surface area contributed by atoms with Gasteiger partial charge in [0.2, 0.25) is 5.43 Å². The molecule has 128 valence electrons. The number of carbonyl (C=O) groups excluding carboxylic acids is 1. The van der Waals surface area contributed by atoms with E-state index in [1.165, 1.54) is 17.7 Å². The number of ether oxygens (including phenoxy) is 1. The van der Waals surface area contributed by atoms with Gasteiger partial charge in [-0.2, -0.15) is 0 Å². The molecule has 24 heavy (non-hydrogen) atoms. The van der Waals surface area contributed by atoms with E-state index in [9.17, 15) is 24.9 Å². The normalized spacial score (nSPS) is 26.8. The zero-order valence-corrected chi connectivity index (χ0v) is 12.7. The monoisotopic (exact) mass is 336 g/mol. The van der Waals surface area contributed by atoms with Gasteiger partial charge in [0.1, 0.15) is 35.8 Å². The van der Waals surface area contributed by atoms with Crippen LogP contribution in [0.4, 0.5) is 5.82 Å². The van der Waals surface area contributed by atoms with Crippen LogP contribution in [-0.4, -0.2) is 60.6 Å². The highest BCUT2D eigenvalue weighted by Gasteiger charge is 2.44. The fourth-order valence-corrected chi connectivity index (χ4v) is 2.75. The number of aliphatic hydroxyl groups is 3. The highest BCUT2D eigenvalue weighted by molar-refractivity contribution is 5.98. The number of pyridine rings is 1. The fraction of sp³-hybridized carbons (Fsp3) is 0.429. The largest absolute Gasteiger partial charge is 0.394 e. The maximum Gasteiger partial charge on any atom is 0.205 e. The van der Waals surface area contributed by atoms with Gasteiger partial charge in [0, 0.05) is 6.20 Å². The molecule has 1 aliphatic heterocycles. The zero-order chi connectivity index (χ0) is 17.6. The Morgan fingerprint density at radius 3 is 2.67 bits per heavy atom. The van der Waals surface area contributed by atoms with Crippen LogP contribution in [0.1, 0.15) is 23.5 Å². The van der Waals surface area contributed by atoms with Crippen LogP contribution in [-0.2, 0) is 4.74 Å². The molecule has 5 N–H and O–H groups in total. The number of nitrogen functional groups attached to an aromatic ring is 1. The number of hydrogen-bond acceptors (Lipinski definition) is 9. The predicted molar refractivity (Wildman–Crippen MR) is 81.2 cm³/mol. The molecule has 0 aliphatic carbocycles. The maximum atomic E-state index is 12.4. The van der Waals surface area contributed by atoms with Crippen molar-refractivity contribution in [2.45, 2.75) is 31.5 Å². The second-order valence-electron chi connectivity index (χ2n) is 5.52. The third-order valence-corrected chi connectivity index (χ3v) is 4.01. The summed E-state index contributed by atoms with van der Waals surface area (Å²) in [5, 5.41) is 29.2. The molecule has 0 amide bonds. The van der Waals surface area contributed by atoms with Gasteiger partial charge >= 0.3 is 0 Å². The van der Waals surface area contributed by atoms with Crippen LogP contribution in [0.5, 0.6) is 0 Å². The van der Waals surface area contributed by atoms with Crippen LogP contribution in [0, 0.1) is 0 Å². The summed E-state index contributed by atoms with van der Waals surface area (Å²) in [5.74, 6) is -0.626. The number of aliphatic hydroxyl groups excluding tert-OH is 3. The highest BCUT2D eigenvalue weighted by Crippen LogP contribution is 2.31. The molecule has 0 radical (unpaired) electrons. The second kappa shape index (κ2) is 5.91. The number of nitrogens with two attached hydrogens (primary N) is 1. The van der Waals surface area contributed by atoms with Crippen molar-refractivity contribution in [3.63, 3.8) is 0 Å². The molecule has 1 aliphatic rings. The van der Waals surface area contributed by atoms with E-state index < -0.39 is 42.4 Å². The number of hydrogen-bond donors (Lipinski definition) is 4. The number of rotatable bonds is 3. The van der Waals surface area contributed by atoms with Crippen LogP contribution < -0.4 is 11.2 Å². The summed E-state index contributed by atoms with van der Waals surface area (Å²) in [6, 6.07) is 0. The smallest absolute Gasteiger partial charge is 0.205 e. The molecule has 10 heteroatoms. The Bertz CT molecular complexity index is 866. The first-order valence-electron chi connectivity index (χ1n) is 7.15. The first-order valence-corrected chi connectivity index (χ1v) is 7.15. The summed E-state index contributed by atoms with van der Waals surface area (Å²) in [5.41, 5.74) is 4.98. The number of nitrogens with zero attached hydrogens (tertiary/aromatic N) is 3. The number of carbonyl (C=O) groups is 1. The molecule has 0 saturated carbocycles. The Morgan fingerprint density at radius 2 is 2.08 bits per heavy atom. The zero-order valence-electron chi connectivity index (χ0n) is 12.7. The van der Waals surface area contributed by atoms with E-state index in [1.807, 2.05) is 0 Å². The van der Waals surface area contributed by atoms with Gasteiger partial charge in [0.05, 0.1) is 12.2 Å². The van der Waals surface area contributed by atoms with Gasteiger partial charge in [-0.1, -0.05) is 0 Å². The molecule has 1 unspecified atom stereocenters. The lowest BCUT2D eigenvalue weighted by molar-refractivity contribution is -0.0511. The quantitative estimate of drug-likeness (QED) is 0.473. The van der Waals surface area contributed by atoms with Gasteiger partial charge in [0.15, 0.2) is 17.7 Å². The summed E-state index contributed by atoms with van der Waals surface area (Å²) < 4.78 is 6.69. The summed E-state index contributed by atoms with van der Waals surface area (Å²) in [7, 11) is 0. The molecule has 2 aromatic heterocycles. The minimum absolute atomic E-state index is 0.0485. The number of Topliss-reactive ketones (excluding diaryl/α,β-unsaturated/α-hetero) is 1. The van der Waals surface area contributed by atoms with Gasteiger partial charge in [-0.3, -0.25) is 9.59 Å². The first-order chi connectivity index (χ1) is 11.4. The average Bonchev–Trinajstić information content (AvgIpc) is 2.83. The van der Waals surface area contributed by atoms with Gasteiger partial charge in [-0.15, -0.1) is 0 Å².